The van der Waals surface area contributed by atoms with Gasteiger partial charge in [0.2, 0.25) is 0 Å². The number of rotatable bonds is 19. The number of carbonyl (C=O) groups is 1. The van der Waals surface area contributed by atoms with Gasteiger partial charge in [-0.1, -0.05) is 83.5 Å². The molecule has 0 aliphatic rings. The zero-order chi connectivity index (χ0) is 22.8. The lowest BCUT2D eigenvalue weighted by Crippen LogP contribution is -2.06. The maximum Gasteiger partial charge on any atom is 0.389 e. The predicted molar refractivity (Wildman–Crippen MR) is 122 cm³/mol. The molecule has 6 heteroatoms. The lowest BCUT2D eigenvalue weighted by atomic mass is 10.0. The molecule has 3 nitrogen and oxygen atoms in total. The minimum atomic E-state index is -3.99. The van der Waals surface area contributed by atoms with Gasteiger partial charge in [0.15, 0.2) is 0 Å². The highest BCUT2D eigenvalue weighted by Gasteiger charge is 2.25. The Morgan fingerprint density at radius 3 is 1.45 bits per heavy atom. The number of benzene rings is 1. The second-order valence-electron chi connectivity index (χ2n) is 8.48. The Balaban J connectivity index is 1.77. The third-order valence-corrected chi connectivity index (χ3v) is 5.60. The summed E-state index contributed by atoms with van der Waals surface area (Å²) < 4.78 is 36.1. The van der Waals surface area contributed by atoms with E-state index in [9.17, 15) is 18.0 Å². The Bertz CT molecular complexity index is 573. The third-order valence-electron chi connectivity index (χ3n) is 5.60. The van der Waals surface area contributed by atoms with Gasteiger partial charge in [-0.2, -0.15) is 13.2 Å². The molecule has 0 radical (unpaired) electrons. The maximum absolute atomic E-state index is 12.0. The van der Waals surface area contributed by atoms with Crippen LogP contribution in [-0.2, 0) is 0 Å². The molecule has 1 aromatic rings. The van der Waals surface area contributed by atoms with E-state index in [4.69, 9.17) is 5.11 Å². The van der Waals surface area contributed by atoms with Crippen LogP contribution in [0.1, 0.15) is 113 Å². The number of aromatic carboxylic acids is 1. The van der Waals surface area contributed by atoms with Gasteiger partial charge in [-0.15, -0.1) is 0 Å². The van der Waals surface area contributed by atoms with Crippen molar-refractivity contribution >= 4 is 11.7 Å². The van der Waals surface area contributed by atoms with Crippen LogP contribution in [0.2, 0.25) is 0 Å². The number of halogens is 3. The van der Waals surface area contributed by atoms with E-state index in [2.05, 4.69) is 5.32 Å². The van der Waals surface area contributed by atoms with Crippen LogP contribution in [0.3, 0.4) is 0 Å². The quantitative estimate of drug-likeness (QED) is 0.210. The number of nitrogens with one attached hydrogen (secondary N) is 1. The summed E-state index contributed by atoms with van der Waals surface area (Å²) >= 11 is 0. The number of hydrogen-bond acceptors (Lipinski definition) is 2. The van der Waals surface area contributed by atoms with Crippen LogP contribution in [0.25, 0.3) is 0 Å². The first-order valence-corrected chi connectivity index (χ1v) is 12.0. The van der Waals surface area contributed by atoms with Gasteiger partial charge in [0.25, 0.3) is 0 Å². The van der Waals surface area contributed by atoms with Crippen molar-refractivity contribution in [2.45, 2.75) is 109 Å². The van der Waals surface area contributed by atoms with Crippen LogP contribution in [0.15, 0.2) is 24.3 Å². The SMILES string of the molecule is O=C(O)c1ccc(NCCCCCCCCCCCCCCCCCC(F)(F)F)cc1. The third kappa shape index (κ3) is 16.6. The van der Waals surface area contributed by atoms with Gasteiger partial charge < -0.3 is 10.4 Å². The average molecular weight is 444 g/mol. The normalized spacial score (nSPS) is 11.6. The number of carboxylic acids is 1. The van der Waals surface area contributed by atoms with E-state index in [1.54, 1.807) is 12.1 Å². The summed E-state index contributed by atoms with van der Waals surface area (Å²) in [4.78, 5) is 10.8. The monoisotopic (exact) mass is 443 g/mol. The molecule has 0 fully saturated rings. The van der Waals surface area contributed by atoms with E-state index in [1.807, 2.05) is 12.1 Å². The van der Waals surface area contributed by atoms with Crippen molar-refractivity contribution in [3.63, 3.8) is 0 Å². The van der Waals surface area contributed by atoms with Gasteiger partial charge in [0.05, 0.1) is 5.56 Å². The Morgan fingerprint density at radius 1 is 0.677 bits per heavy atom. The molecule has 0 aliphatic heterocycles. The summed E-state index contributed by atoms with van der Waals surface area (Å²) in [5.41, 5.74) is 1.27. The highest BCUT2D eigenvalue weighted by molar-refractivity contribution is 5.87. The van der Waals surface area contributed by atoms with Crippen LogP contribution in [0.4, 0.5) is 18.9 Å². The summed E-state index contributed by atoms with van der Waals surface area (Å²) in [6, 6.07) is 6.85. The molecule has 0 aliphatic carbocycles. The smallest absolute Gasteiger partial charge is 0.389 e. The number of alkyl halides is 3. The molecule has 31 heavy (non-hydrogen) atoms. The lowest BCUT2D eigenvalue weighted by molar-refractivity contribution is -0.135. The van der Waals surface area contributed by atoms with Crippen molar-refractivity contribution < 1.29 is 23.1 Å². The summed E-state index contributed by atoms with van der Waals surface area (Å²) in [5.74, 6) is -0.900. The molecule has 0 saturated carbocycles. The van der Waals surface area contributed by atoms with Crippen LogP contribution in [-0.4, -0.2) is 23.8 Å². The number of hydrogen-bond donors (Lipinski definition) is 2. The van der Waals surface area contributed by atoms with Crippen molar-refractivity contribution in [1.82, 2.24) is 0 Å². The van der Waals surface area contributed by atoms with E-state index >= 15 is 0 Å². The molecule has 0 heterocycles. The van der Waals surface area contributed by atoms with Crippen molar-refractivity contribution in [3.05, 3.63) is 29.8 Å². The highest BCUT2D eigenvalue weighted by atomic mass is 19.4. The molecule has 0 saturated heterocycles. The topological polar surface area (TPSA) is 49.3 Å². The van der Waals surface area contributed by atoms with Crippen LogP contribution >= 0.6 is 0 Å². The molecule has 0 aromatic heterocycles. The molecule has 0 amide bonds. The summed E-state index contributed by atoms with van der Waals surface area (Å²) in [6.07, 6.45) is 12.0. The van der Waals surface area contributed by atoms with Gasteiger partial charge in [0, 0.05) is 18.7 Å². The summed E-state index contributed by atoms with van der Waals surface area (Å²) in [5, 5.41) is 12.2. The van der Waals surface area contributed by atoms with Crippen molar-refractivity contribution in [3.8, 4) is 0 Å². The molecule has 0 bridgehead atoms. The van der Waals surface area contributed by atoms with E-state index in [0.717, 1.165) is 37.9 Å². The second kappa shape index (κ2) is 16.9. The summed E-state index contributed by atoms with van der Waals surface area (Å²) in [6.45, 7) is 0.911. The largest absolute Gasteiger partial charge is 0.478 e. The molecule has 0 spiro atoms. The van der Waals surface area contributed by atoms with Crippen molar-refractivity contribution in [2.75, 3.05) is 11.9 Å². The first kappa shape index (κ1) is 27.3. The number of anilines is 1. The Morgan fingerprint density at radius 2 is 1.06 bits per heavy atom. The first-order valence-electron chi connectivity index (χ1n) is 12.0. The summed E-state index contributed by atoms with van der Waals surface area (Å²) in [7, 11) is 0. The predicted octanol–water partition coefficient (Wildman–Crippen LogP) is 8.60. The zero-order valence-corrected chi connectivity index (χ0v) is 18.8. The Labute approximate surface area is 185 Å². The van der Waals surface area contributed by atoms with Gasteiger partial charge in [0.1, 0.15) is 0 Å². The Hall–Kier alpha value is -1.72. The standard InChI is InChI=1S/C25H40F3NO2/c26-25(27,28)20-14-12-10-8-6-4-2-1-3-5-7-9-11-13-15-21-29-23-18-16-22(17-19-23)24(30)31/h16-19,29H,1-15,20-21H2,(H,30,31). The van der Waals surface area contributed by atoms with Crippen molar-refractivity contribution in [2.24, 2.45) is 0 Å². The molecular formula is C25H40F3NO2. The molecule has 0 unspecified atom stereocenters. The van der Waals surface area contributed by atoms with E-state index in [0.29, 0.717) is 12.0 Å². The van der Waals surface area contributed by atoms with E-state index < -0.39 is 18.6 Å². The van der Waals surface area contributed by atoms with Gasteiger partial charge in [-0.3, -0.25) is 0 Å². The maximum atomic E-state index is 12.0. The van der Waals surface area contributed by atoms with Gasteiger partial charge in [-0.25, -0.2) is 4.79 Å². The number of carboxylic acid groups (broad SMARTS) is 1. The molecular weight excluding hydrogens is 403 g/mol. The second-order valence-corrected chi connectivity index (χ2v) is 8.48. The van der Waals surface area contributed by atoms with E-state index in [1.165, 1.54) is 57.8 Å². The number of unbranched alkanes of at least 4 members (excludes halogenated alkanes) is 14. The molecule has 2 N–H and O–H groups in total. The van der Waals surface area contributed by atoms with Crippen LogP contribution in [0, 0.1) is 0 Å². The lowest BCUT2D eigenvalue weighted by Gasteiger charge is -2.07. The fourth-order valence-electron chi connectivity index (χ4n) is 3.71. The van der Waals surface area contributed by atoms with Gasteiger partial charge >= 0.3 is 12.1 Å². The van der Waals surface area contributed by atoms with Crippen molar-refractivity contribution in [1.29, 1.82) is 0 Å². The molecule has 1 rings (SSSR count). The molecule has 178 valence electrons. The fraction of sp³-hybridized carbons (Fsp3) is 0.720. The van der Waals surface area contributed by atoms with Crippen LogP contribution < -0.4 is 5.32 Å². The minimum absolute atomic E-state index is 0.280. The average Bonchev–Trinajstić information content (AvgIpc) is 2.72. The highest BCUT2D eigenvalue weighted by Crippen LogP contribution is 2.23. The van der Waals surface area contributed by atoms with E-state index in [-0.39, 0.29) is 6.42 Å². The van der Waals surface area contributed by atoms with Gasteiger partial charge in [-0.05, 0) is 37.1 Å². The Kier molecular flexibility index (Phi) is 14.9. The fourth-order valence-corrected chi connectivity index (χ4v) is 3.71. The molecule has 0 atom stereocenters. The zero-order valence-electron chi connectivity index (χ0n) is 18.8. The first-order chi connectivity index (χ1) is 14.9. The molecule has 1 aromatic carbocycles. The van der Waals surface area contributed by atoms with Crippen LogP contribution in [0.5, 0.6) is 0 Å². The minimum Gasteiger partial charge on any atom is -0.478 e.